The van der Waals surface area contributed by atoms with Gasteiger partial charge in [-0.1, -0.05) is 6.07 Å². The second kappa shape index (κ2) is 6.11. The van der Waals surface area contributed by atoms with Gasteiger partial charge >= 0.3 is 5.97 Å². The molecule has 2 rings (SSSR count). The summed E-state index contributed by atoms with van der Waals surface area (Å²) in [5.41, 5.74) is 0.666. The molecule has 0 bridgehead atoms. The number of carbonyl (C=O) groups excluding carboxylic acids is 1. The first kappa shape index (κ1) is 15.3. The van der Waals surface area contributed by atoms with E-state index in [-0.39, 0.29) is 10.4 Å². The van der Waals surface area contributed by atoms with Gasteiger partial charge in [0.25, 0.3) is 0 Å². The molecule has 2 aromatic rings. The molecule has 0 radical (unpaired) electrons. The fraction of sp³-hybridized carbons (Fsp3) is 0.200. The highest BCUT2D eigenvalue weighted by Crippen LogP contribution is 2.20. The molecule has 0 unspecified atom stereocenters. The van der Waals surface area contributed by atoms with Gasteiger partial charge in [0.1, 0.15) is 22.5 Å². The van der Waals surface area contributed by atoms with Crippen LogP contribution in [-0.2, 0) is 19.6 Å². The molecule has 21 heavy (non-hydrogen) atoms. The van der Waals surface area contributed by atoms with Gasteiger partial charge in [-0.2, -0.15) is 8.75 Å². The Morgan fingerprint density at radius 3 is 2.71 bits per heavy atom. The lowest BCUT2D eigenvalue weighted by atomic mass is 10.3. The van der Waals surface area contributed by atoms with Crippen molar-refractivity contribution in [1.82, 2.24) is 18.8 Å². The SMILES string of the molecule is O=C(O)CNC(=O)CNS(=O)(=O)c1cccc2nsnc12. The molecular weight excluding hydrogens is 320 g/mol. The third-order valence-electron chi connectivity index (χ3n) is 2.40. The maximum absolute atomic E-state index is 12.1. The van der Waals surface area contributed by atoms with Crippen molar-refractivity contribution in [3.05, 3.63) is 18.2 Å². The van der Waals surface area contributed by atoms with E-state index in [9.17, 15) is 18.0 Å². The van der Waals surface area contributed by atoms with Crippen LogP contribution in [0.25, 0.3) is 11.0 Å². The van der Waals surface area contributed by atoms with Crippen molar-refractivity contribution in [1.29, 1.82) is 0 Å². The van der Waals surface area contributed by atoms with E-state index in [0.29, 0.717) is 5.52 Å². The number of carboxylic acids is 1. The Morgan fingerprint density at radius 2 is 2.00 bits per heavy atom. The quantitative estimate of drug-likeness (QED) is 0.628. The number of hydrogen-bond acceptors (Lipinski definition) is 7. The molecule has 1 aromatic carbocycles. The van der Waals surface area contributed by atoms with E-state index in [4.69, 9.17) is 5.11 Å². The van der Waals surface area contributed by atoms with E-state index in [2.05, 4.69) is 13.5 Å². The number of sulfonamides is 1. The summed E-state index contributed by atoms with van der Waals surface area (Å²) in [5.74, 6) is -1.96. The lowest BCUT2D eigenvalue weighted by Gasteiger charge is -2.07. The van der Waals surface area contributed by atoms with Crippen molar-refractivity contribution < 1.29 is 23.1 Å². The zero-order valence-corrected chi connectivity index (χ0v) is 12.1. The molecule has 0 fully saturated rings. The topological polar surface area (TPSA) is 138 Å². The van der Waals surface area contributed by atoms with Crippen molar-refractivity contribution in [2.45, 2.75) is 4.90 Å². The van der Waals surface area contributed by atoms with Crippen molar-refractivity contribution in [2.75, 3.05) is 13.1 Å². The summed E-state index contributed by atoms with van der Waals surface area (Å²) in [6.45, 7) is -1.14. The summed E-state index contributed by atoms with van der Waals surface area (Å²) in [7, 11) is -3.94. The van der Waals surface area contributed by atoms with Crippen molar-refractivity contribution in [3.63, 3.8) is 0 Å². The third kappa shape index (κ3) is 3.71. The lowest BCUT2D eigenvalue weighted by molar-refractivity contribution is -0.137. The molecule has 0 aliphatic rings. The standard InChI is InChI=1S/C10H10N4O5S2/c15-8(11-5-9(16)17)4-12-21(18,19)7-3-1-2-6-10(7)14-20-13-6/h1-3,12H,4-5H2,(H,11,15)(H,16,17). The van der Waals surface area contributed by atoms with E-state index in [0.717, 1.165) is 11.7 Å². The number of rotatable bonds is 6. The van der Waals surface area contributed by atoms with E-state index < -0.39 is 35.0 Å². The highest BCUT2D eigenvalue weighted by Gasteiger charge is 2.20. The summed E-state index contributed by atoms with van der Waals surface area (Å²) in [6.07, 6.45) is 0. The van der Waals surface area contributed by atoms with Crippen LogP contribution in [0, 0.1) is 0 Å². The summed E-state index contributed by atoms with van der Waals surface area (Å²) in [4.78, 5) is 21.5. The third-order valence-corrected chi connectivity index (χ3v) is 4.37. The molecule has 0 spiro atoms. The molecule has 0 atom stereocenters. The molecule has 11 heteroatoms. The van der Waals surface area contributed by atoms with Gasteiger partial charge in [0.15, 0.2) is 0 Å². The zero-order valence-electron chi connectivity index (χ0n) is 10.4. The van der Waals surface area contributed by atoms with Gasteiger partial charge in [-0.3, -0.25) is 9.59 Å². The molecule has 0 aliphatic heterocycles. The maximum atomic E-state index is 12.1. The fourth-order valence-corrected chi connectivity index (χ4v) is 3.22. The van der Waals surface area contributed by atoms with E-state index in [1.165, 1.54) is 12.1 Å². The number of benzene rings is 1. The minimum absolute atomic E-state index is 0.0835. The molecule has 9 nitrogen and oxygen atoms in total. The van der Waals surface area contributed by atoms with E-state index in [1.54, 1.807) is 6.07 Å². The van der Waals surface area contributed by atoms with Crippen LogP contribution in [0.5, 0.6) is 0 Å². The van der Waals surface area contributed by atoms with Crippen LogP contribution in [0.3, 0.4) is 0 Å². The zero-order chi connectivity index (χ0) is 15.5. The number of fused-ring (bicyclic) bond motifs is 1. The van der Waals surface area contributed by atoms with Gasteiger partial charge in [0.05, 0.1) is 18.3 Å². The Balaban J connectivity index is 2.10. The number of nitrogens with zero attached hydrogens (tertiary/aromatic N) is 2. The maximum Gasteiger partial charge on any atom is 0.322 e. The molecule has 0 aliphatic carbocycles. The molecular formula is C10H10N4O5S2. The highest BCUT2D eigenvalue weighted by molar-refractivity contribution is 7.89. The molecule has 1 aromatic heterocycles. The first-order chi connectivity index (χ1) is 9.90. The number of nitrogens with one attached hydrogen (secondary N) is 2. The number of aromatic nitrogens is 2. The largest absolute Gasteiger partial charge is 0.480 e. The number of aliphatic carboxylic acids is 1. The number of amides is 1. The number of hydrogen-bond donors (Lipinski definition) is 3. The molecule has 3 N–H and O–H groups in total. The van der Waals surface area contributed by atoms with Gasteiger partial charge in [0, 0.05) is 0 Å². The molecule has 112 valence electrons. The second-order valence-corrected chi connectivity index (χ2v) is 6.15. The van der Waals surface area contributed by atoms with Crippen LogP contribution >= 0.6 is 11.7 Å². The Hall–Kier alpha value is -2.11. The lowest BCUT2D eigenvalue weighted by Crippen LogP contribution is -2.39. The molecule has 0 saturated heterocycles. The summed E-state index contributed by atoms with van der Waals surface area (Å²) >= 11 is 0.882. The predicted octanol–water partition coefficient (Wildman–Crippen LogP) is -0.830. The van der Waals surface area contributed by atoms with Gasteiger partial charge in [0.2, 0.25) is 15.9 Å². The first-order valence-corrected chi connectivity index (χ1v) is 7.81. The van der Waals surface area contributed by atoms with Crippen LogP contribution in [0.1, 0.15) is 0 Å². The van der Waals surface area contributed by atoms with Crippen LogP contribution in [0.2, 0.25) is 0 Å². The predicted molar refractivity (Wildman–Crippen MR) is 73.2 cm³/mol. The normalized spacial score (nSPS) is 11.4. The summed E-state index contributed by atoms with van der Waals surface area (Å²) in [5, 5.41) is 10.4. The average Bonchev–Trinajstić information content (AvgIpc) is 2.91. The Bertz CT molecular complexity index is 786. The number of carboxylic acid groups (broad SMARTS) is 1. The highest BCUT2D eigenvalue weighted by atomic mass is 32.2. The monoisotopic (exact) mass is 330 g/mol. The molecule has 0 saturated carbocycles. The van der Waals surface area contributed by atoms with Crippen molar-refractivity contribution >= 4 is 44.7 Å². The van der Waals surface area contributed by atoms with E-state index >= 15 is 0 Å². The minimum Gasteiger partial charge on any atom is -0.480 e. The van der Waals surface area contributed by atoms with Crippen molar-refractivity contribution in [3.8, 4) is 0 Å². The van der Waals surface area contributed by atoms with Crippen LogP contribution in [0.15, 0.2) is 23.1 Å². The van der Waals surface area contributed by atoms with E-state index in [1.807, 2.05) is 5.32 Å². The van der Waals surface area contributed by atoms with Gasteiger partial charge in [-0.15, -0.1) is 0 Å². The number of carbonyl (C=O) groups is 2. The van der Waals surface area contributed by atoms with Crippen LogP contribution in [0.4, 0.5) is 0 Å². The van der Waals surface area contributed by atoms with Gasteiger partial charge in [-0.05, 0) is 12.1 Å². The summed E-state index contributed by atoms with van der Waals surface area (Å²) < 4.78 is 34.2. The molecule has 1 amide bonds. The minimum atomic E-state index is -3.94. The van der Waals surface area contributed by atoms with Crippen LogP contribution < -0.4 is 10.0 Å². The smallest absolute Gasteiger partial charge is 0.322 e. The fourth-order valence-electron chi connectivity index (χ4n) is 1.47. The average molecular weight is 330 g/mol. The van der Waals surface area contributed by atoms with Crippen LogP contribution in [-0.4, -0.2) is 47.2 Å². The molecule has 1 heterocycles. The van der Waals surface area contributed by atoms with Gasteiger partial charge in [-0.25, -0.2) is 13.1 Å². The second-order valence-electron chi connectivity index (χ2n) is 3.88. The van der Waals surface area contributed by atoms with Crippen molar-refractivity contribution in [2.24, 2.45) is 0 Å². The summed E-state index contributed by atoms with van der Waals surface area (Å²) in [6, 6.07) is 4.49. The Labute approximate surface area is 123 Å². The Morgan fingerprint density at radius 1 is 1.24 bits per heavy atom. The van der Waals surface area contributed by atoms with Gasteiger partial charge < -0.3 is 10.4 Å². The first-order valence-electron chi connectivity index (χ1n) is 5.59. The Kier molecular flexibility index (Phi) is 4.45.